The third-order valence-electron chi connectivity index (χ3n) is 2.56. The van der Waals surface area contributed by atoms with Crippen molar-refractivity contribution in [1.82, 2.24) is 14.8 Å². The number of benzene rings is 1. The molecule has 1 aromatic heterocycles. The summed E-state index contributed by atoms with van der Waals surface area (Å²) in [7, 11) is 0. The minimum Gasteiger partial charge on any atom is -0.326 e. The topological polar surface area (TPSA) is 59.8 Å². The highest BCUT2D eigenvalue weighted by molar-refractivity contribution is 6.42. The van der Waals surface area contributed by atoms with Crippen LogP contribution in [0, 0.1) is 5.92 Å². The Hall–Kier alpha value is -1.59. The quantitative estimate of drug-likeness (QED) is 0.944. The minimum absolute atomic E-state index is 0.117. The fraction of sp³-hybridized carbons (Fsp3) is 0.250. The number of halogens is 2. The average molecular weight is 299 g/mol. The van der Waals surface area contributed by atoms with Crippen molar-refractivity contribution in [1.29, 1.82) is 0 Å². The molecule has 7 heteroatoms. The van der Waals surface area contributed by atoms with Crippen molar-refractivity contribution < 1.29 is 4.79 Å². The van der Waals surface area contributed by atoms with E-state index in [1.54, 1.807) is 29.2 Å². The van der Waals surface area contributed by atoms with Crippen LogP contribution in [0.4, 0.5) is 5.69 Å². The zero-order valence-electron chi connectivity index (χ0n) is 10.2. The van der Waals surface area contributed by atoms with Gasteiger partial charge in [0, 0.05) is 5.69 Å². The molecule has 1 amide bonds. The Morgan fingerprint density at radius 2 is 2.21 bits per heavy atom. The summed E-state index contributed by atoms with van der Waals surface area (Å²) in [5, 5.41) is 7.60. The molecular weight excluding hydrogens is 287 g/mol. The third-order valence-corrected chi connectivity index (χ3v) is 3.30. The van der Waals surface area contributed by atoms with Crippen molar-refractivity contribution in [2.75, 3.05) is 5.32 Å². The zero-order valence-corrected chi connectivity index (χ0v) is 11.7. The van der Waals surface area contributed by atoms with Crippen molar-refractivity contribution in [2.45, 2.75) is 13.5 Å². The number of hydrogen-bond acceptors (Lipinski definition) is 3. The highest BCUT2D eigenvalue weighted by Gasteiger charge is 2.14. The van der Waals surface area contributed by atoms with Gasteiger partial charge in [-0.1, -0.05) is 30.1 Å². The molecule has 2 rings (SSSR count). The molecule has 0 bridgehead atoms. The Bertz CT molecular complexity index is 571. The molecule has 0 saturated heterocycles. The van der Waals surface area contributed by atoms with Crippen LogP contribution < -0.4 is 5.32 Å². The molecule has 0 unspecified atom stereocenters. The SMILES string of the molecule is C[C@H](Cn1cncn1)C(=O)Nc1ccc(Cl)c(Cl)c1. The summed E-state index contributed by atoms with van der Waals surface area (Å²) < 4.78 is 1.61. The van der Waals surface area contributed by atoms with Gasteiger partial charge in [0.15, 0.2) is 0 Å². The lowest BCUT2D eigenvalue weighted by Gasteiger charge is -2.12. The van der Waals surface area contributed by atoms with E-state index in [1.807, 2.05) is 6.92 Å². The van der Waals surface area contributed by atoms with Crippen LogP contribution in [0.3, 0.4) is 0 Å². The van der Waals surface area contributed by atoms with Gasteiger partial charge in [0.1, 0.15) is 12.7 Å². The van der Waals surface area contributed by atoms with Crippen LogP contribution >= 0.6 is 23.2 Å². The maximum atomic E-state index is 12.0. The number of aromatic nitrogens is 3. The Morgan fingerprint density at radius 3 is 2.84 bits per heavy atom. The summed E-state index contributed by atoms with van der Waals surface area (Å²) in [4.78, 5) is 15.8. The number of carbonyl (C=O) groups is 1. The Balaban J connectivity index is 1.98. The molecule has 0 aliphatic rings. The van der Waals surface area contributed by atoms with Crippen LogP contribution in [0.25, 0.3) is 0 Å². The van der Waals surface area contributed by atoms with Crippen molar-refractivity contribution in [2.24, 2.45) is 5.92 Å². The average Bonchev–Trinajstić information content (AvgIpc) is 2.86. The van der Waals surface area contributed by atoms with E-state index in [2.05, 4.69) is 15.4 Å². The smallest absolute Gasteiger partial charge is 0.229 e. The van der Waals surface area contributed by atoms with Crippen molar-refractivity contribution >= 4 is 34.8 Å². The number of nitrogens with one attached hydrogen (secondary N) is 1. The van der Waals surface area contributed by atoms with Crippen LogP contribution in [0.15, 0.2) is 30.9 Å². The lowest BCUT2D eigenvalue weighted by molar-refractivity contribution is -0.119. The second kappa shape index (κ2) is 6.04. The molecule has 0 radical (unpaired) electrons. The highest BCUT2D eigenvalue weighted by Crippen LogP contribution is 2.25. The van der Waals surface area contributed by atoms with Crippen LogP contribution in [0.2, 0.25) is 10.0 Å². The molecule has 5 nitrogen and oxygen atoms in total. The molecule has 0 aliphatic carbocycles. The predicted molar refractivity (Wildman–Crippen MR) is 74.3 cm³/mol. The maximum absolute atomic E-state index is 12.0. The van der Waals surface area contributed by atoms with Gasteiger partial charge in [-0.3, -0.25) is 9.48 Å². The number of rotatable bonds is 4. The van der Waals surface area contributed by atoms with Gasteiger partial charge in [0.25, 0.3) is 0 Å². The van der Waals surface area contributed by atoms with Crippen LogP contribution in [0.5, 0.6) is 0 Å². The van der Waals surface area contributed by atoms with Gasteiger partial charge in [-0.15, -0.1) is 0 Å². The van der Waals surface area contributed by atoms with E-state index in [-0.39, 0.29) is 11.8 Å². The number of carbonyl (C=O) groups excluding carboxylic acids is 1. The molecule has 0 spiro atoms. The second-order valence-electron chi connectivity index (χ2n) is 4.14. The summed E-state index contributed by atoms with van der Waals surface area (Å²) >= 11 is 11.7. The number of nitrogens with zero attached hydrogens (tertiary/aromatic N) is 3. The molecule has 2 aromatic rings. The van der Waals surface area contributed by atoms with Gasteiger partial charge in [-0.2, -0.15) is 5.10 Å². The molecule has 1 N–H and O–H groups in total. The van der Waals surface area contributed by atoms with Gasteiger partial charge in [0.05, 0.1) is 22.5 Å². The number of amides is 1. The second-order valence-corrected chi connectivity index (χ2v) is 4.95. The Kier molecular flexibility index (Phi) is 4.39. The minimum atomic E-state index is -0.240. The highest BCUT2D eigenvalue weighted by atomic mass is 35.5. The van der Waals surface area contributed by atoms with E-state index >= 15 is 0 Å². The zero-order chi connectivity index (χ0) is 13.8. The molecule has 1 atom stereocenters. The molecule has 0 aliphatic heterocycles. The standard InChI is InChI=1S/C12H12Cl2N4O/c1-8(5-18-7-15-6-16-18)12(19)17-9-2-3-10(13)11(14)4-9/h2-4,6-8H,5H2,1H3,(H,17,19)/t8-/m1/s1. The molecule has 100 valence electrons. The Morgan fingerprint density at radius 1 is 1.42 bits per heavy atom. The van der Waals surface area contributed by atoms with E-state index in [4.69, 9.17) is 23.2 Å². The first-order chi connectivity index (χ1) is 9.06. The first-order valence-electron chi connectivity index (χ1n) is 5.64. The largest absolute Gasteiger partial charge is 0.326 e. The molecule has 19 heavy (non-hydrogen) atoms. The van der Waals surface area contributed by atoms with E-state index < -0.39 is 0 Å². The normalized spacial score (nSPS) is 12.2. The van der Waals surface area contributed by atoms with Gasteiger partial charge in [0.2, 0.25) is 5.91 Å². The molecule has 1 heterocycles. The van der Waals surface area contributed by atoms with E-state index in [0.29, 0.717) is 22.3 Å². The molecular formula is C12H12Cl2N4O. The van der Waals surface area contributed by atoms with Gasteiger partial charge >= 0.3 is 0 Å². The summed E-state index contributed by atoms with van der Waals surface area (Å²) in [6, 6.07) is 4.96. The van der Waals surface area contributed by atoms with Crippen molar-refractivity contribution in [3.05, 3.63) is 40.9 Å². The number of hydrogen-bond donors (Lipinski definition) is 1. The van der Waals surface area contributed by atoms with Gasteiger partial charge < -0.3 is 5.32 Å². The van der Waals surface area contributed by atoms with E-state index in [1.165, 1.54) is 6.33 Å². The molecule has 1 aromatic carbocycles. The third kappa shape index (κ3) is 3.68. The van der Waals surface area contributed by atoms with Crippen molar-refractivity contribution in [3.8, 4) is 0 Å². The first kappa shape index (κ1) is 13.8. The number of anilines is 1. The molecule has 0 fully saturated rings. The fourth-order valence-corrected chi connectivity index (χ4v) is 1.83. The van der Waals surface area contributed by atoms with Gasteiger partial charge in [-0.05, 0) is 18.2 Å². The monoisotopic (exact) mass is 298 g/mol. The summed E-state index contributed by atoms with van der Waals surface area (Å²) in [6.07, 6.45) is 3.01. The Labute approximate surface area is 120 Å². The maximum Gasteiger partial charge on any atom is 0.229 e. The molecule has 0 saturated carbocycles. The van der Waals surface area contributed by atoms with E-state index in [0.717, 1.165) is 0 Å². The fourth-order valence-electron chi connectivity index (χ4n) is 1.53. The van der Waals surface area contributed by atoms with Crippen LogP contribution in [-0.4, -0.2) is 20.7 Å². The lowest BCUT2D eigenvalue weighted by atomic mass is 10.1. The van der Waals surface area contributed by atoms with E-state index in [9.17, 15) is 4.79 Å². The predicted octanol–water partition coefficient (Wildman–Crippen LogP) is 2.86. The summed E-state index contributed by atoms with van der Waals surface area (Å²) in [5.41, 5.74) is 0.616. The van der Waals surface area contributed by atoms with Crippen LogP contribution in [-0.2, 0) is 11.3 Å². The first-order valence-corrected chi connectivity index (χ1v) is 6.40. The van der Waals surface area contributed by atoms with Crippen LogP contribution in [0.1, 0.15) is 6.92 Å². The van der Waals surface area contributed by atoms with Gasteiger partial charge in [-0.25, -0.2) is 4.98 Å². The summed E-state index contributed by atoms with van der Waals surface area (Å²) in [5.74, 6) is -0.356. The summed E-state index contributed by atoms with van der Waals surface area (Å²) in [6.45, 7) is 2.28. The lowest BCUT2D eigenvalue weighted by Crippen LogP contribution is -2.24. The van der Waals surface area contributed by atoms with Crippen molar-refractivity contribution in [3.63, 3.8) is 0 Å².